The van der Waals surface area contributed by atoms with Crippen LogP contribution in [-0.4, -0.2) is 43.7 Å². The summed E-state index contributed by atoms with van der Waals surface area (Å²) in [5.41, 5.74) is 9.49. The number of hydrogen-bond donors (Lipinski definition) is 3. The van der Waals surface area contributed by atoms with Gasteiger partial charge in [0.2, 0.25) is 11.9 Å². The van der Waals surface area contributed by atoms with Crippen LogP contribution >= 0.6 is 11.3 Å². The Morgan fingerprint density at radius 2 is 1.77 bits per heavy atom. The van der Waals surface area contributed by atoms with Gasteiger partial charge >= 0.3 is 0 Å². The molecule has 0 saturated carbocycles. The molecule has 2 aromatic carbocycles. The Balaban J connectivity index is 1.39. The molecule has 3 heterocycles. The van der Waals surface area contributed by atoms with E-state index in [-0.39, 0.29) is 37.1 Å². The van der Waals surface area contributed by atoms with Gasteiger partial charge in [-0.1, -0.05) is 30.3 Å². The molecule has 39 heavy (non-hydrogen) atoms. The lowest BCUT2D eigenvalue weighted by atomic mass is 10.1. The van der Waals surface area contributed by atoms with Crippen molar-refractivity contribution in [2.75, 3.05) is 17.2 Å². The van der Waals surface area contributed by atoms with Crippen LogP contribution < -0.4 is 16.4 Å². The smallest absolute Gasteiger partial charge is 0.269 e. The maximum absolute atomic E-state index is 13.3. The summed E-state index contributed by atoms with van der Waals surface area (Å²) in [5, 5.41) is 6.73. The quantitative estimate of drug-likeness (QED) is 0.225. The Hall–Kier alpha value is -4.90. The molecule has 2 amide bonds. The van der Waals surface area contributed by atoms with Gasteiger partial charge in [-0.25, -0.2) is 9.97 Å². The molecular weight excluding hydrogens is 514 g/mol. The molecule has 0 unspecified atom stereocenters. The lowest BCUT2D eigenvalue weighted by Gasteiger charge is -2.09. The minimum atomic E-state index is -0.466. The Morgan fingerprint density at radius 3 is 2.51 bits per heavy atom. The van der Waals surface area contributed by atoms with Gasteiger partial charge in [-0.2, -0.15) is 0 Å². The molecule has 0 aliphatic heterocycles. The minimum absolute atomic E-state index is 0.0401. The third kappa shape index (κ3) is 5.83. The van der Waals surface area contributed by atoms with Crippen molar-refractivity contribution in [1.82, 2.24) is 19.5 Å². The molecule has 4 N–H and O–H groups in total. The van der Waals surface area contributed by atoms with Gasteiger partial charge in [0.25, 0.3) is 5.91 Å². The number of imidazole rings is 1. The summed E-state index contributed by atoms with van der Waals surface area (Å²) in [5.74, 6) is -0.575. The number of fused-ring (bicyclic) bond motifs is 1. The van der Waals surface area contributed by atoms with E-state index in [1.807, 2.05) is 42.5 Å². The summed E-state index contributed by atoms with van der Waals surface area (Å²) in [6.07, 6.45) is 3.42. The van der Waals surface area contributed by atoms with Crippen molar-refractivity contribution >= 4 is 51.6 Å². The average molecular weight is 540 g/mol. The van der Waals surface area contributed by atoms with Crippen molar-refractivity contribution in [3.63, 3.8) is 0 Å². The summed E-state index contributed by atoms with van der Waals surface area (Å²) in [6.45, 7) is 2.14. The van der Waals surface area contributed by atoms with E-state index in [2.05, 4.69) is 25.6 Å². The van der Waals surface area contributed by atoms with Crippen LogP contribution in [0.5, 0.6) is 0 Å². The molecule has 0 atom stereocenters. The Kier molecular flexibility index (Phi) is 7.41. The molecule has 0 aliphatic rings. The van der Waals surface area contributed by atoms with Gasteiger partial charge in [0.1, 0.15) is 9.88 Å². The number of nitrogens with zero attached hydrogens (tertiary/aromatic N) is 4. The van der Waals surface area contributed by atoms with Crippen molar-refractivity contribution in [2.45, 2.75) is 19.9 Å². The van der Waals surface area contributed by atoms with E-state index in [0.717, 1.165) is 5.56 Å². The van der Waals surface area contributed by atoms with Crippen molar-refractivity contribution in [3.8, 4) is 10.6 Å². The summed E-state index contributed by atoms with van der Waals surface area (Å²) in [6, 6.07) is 18.2. The molecule has 0 bridgehead atoms. The number of aromatic nitrogens is 4. The van der Waals surface area contributed by atoms with Crippen LogP contribution in [0, 0.1) is 6.92 Å². The second-order valence-electron chi connectivity index (χ2n) is 8.77. The lowest BCUT2D eigenvalue weighted by molar-refractivity contribution is -0.118. The predicted octanol–water partition coefficient (Wildman–Crippen LogP) is 4.29. The van der Waals surface area contributed by atoms with Gasteiger partial charge in [0.15, 0.2) is 5.78 Å². The normalized spacial score (nSPS) is 10.9. The van der Waals surface area contributed by atoms with E-state index in [4.69, 9.17) is 5.73 Å². The average Bonchev–Trinajstić information content (AvgIpc) is 3.50. The van der Waals surface area contributed by atoms with Gasteiger partial charge in [-0.05, 0) is 37.3 Å². The maximum atomic E-state index is 13.3. The number of rotatable bonds is 10. The number of nitrogens with one attached hydrogen (secondary N) is 2. The van der Waals surface area contributed by atoms with Crippen LogP contribution in [0.1, 0.15) is 32.1 Å². The van der Waals surface area contributed by atoms with E-state index < -0.39 is 5.91 Å². The molecule has 0 aliphatic carbocycles. The molecule has 0 spiro atoms. The van der Waals surface area contributed by atoms with Crippen LogP contribution in [0.3, 0.4) is 0 Å². The number of primary amides is 1. The highest BCUT2D eigenvalue weighted by Crippen LogP contribution is 2.29. The molecule has 5 rings (SSSR count). The zero-order valence-electron chi connectivity index (χ0n) is 21.0. The largest absolute Gasteiger partial charge is 0.378 e. The summed E-state index contributed by atoms with van der Waals surface area (Å²) < 4.78 is 1.75. The monoisotopic (exact) mass is 539 g/mol. The lowest BCUT2D eigenvalue weighted by Crippen LogP contribution is -2.18. The van der Waals surface area contributed by atoms with Crippen LogP contribution in [0.2, 0.25) is 0 Å². The Bertz CT molecular complexity index is 1660. The molecule has 5 aromatic rings. The first kappa shape index (κ1) is 25.7. The van der Waals surface area contributed by atoms with Gasteiger partial charge in [-0.15, -0.1) is 11.3 Å². The first-order chi connectivity index (χ1) is 18.9. The number of hydrogen-bond acceptors (Lipinski definition) is 8. The summed E-state index contributed by atoms with van der Waals surface area (Å²) in [4.78, 5) is 50.9. The van der Waals surface area contributed by atoms with Crippen LogP contribution in [0.4, 0.5) is 11.6 Å². The number of Topliss-reactive ketones (excluding diaryl/α,β-unsaturated/α-hetero) is 1. The highest BCUT2D eigenvalue weighted by atomic mass is 32.1. The molecule has 11 heteroatoms. The highest BCUT2D eigenvalue weighted by molar-refractivity contribution is 7.17. The minimum Gasteiger partial charge on any atom is -0.378 e. The number of amides is 2. The molecule has 10 nitrogen and oxygen atoms in total. The third-order valence-corrected chi connectivity index (χ3v) is 7.24. The Morgan fingerprint density at radius 1 is 1.00 bits per heavy atom. The fourth-order valence-electron chi connectivity index (χ4n) is 4.08. The first-order valence-electron chi connectivity index (χ1n) is 12.2. The number of anilines is 2. The number of ketones is 1. The molecule has 196 valence electrons. The van der Waals surface area contributed by atoms with Crippen molar-refractivity contribution < 1.29 is 14.4 Å². The van der Waals surface area contributed by atoms with E-state index in [0.29, 0.717) is 37.9 Å². The fourth-order valence-corrected chi connectivity index (χ4v) is 5.04. The number of pyridine rings is 1. The Labute approximate surface area is 227 Å². The highest BCUT2D eigenvalue weighted by Gasteiger charge is 2.20. The SMILES string of the molecule is Cc1nc(-c2ccncc2)sc1C(=O)Nc1nc2cc(NCC(=O)c3ccccc3)ccc2n1CCC(N)=O. The third-order valence-electron chi connectivity index (χ3n) is 6.03. The van der Waals surface area contributed by atoms with Crippen LogP contribution in [-0.2, 0) is 11.3 Å². The molecule has 0 fully saturated rings. The molecule has 3 aromatic heterocycles. The topological polar surface area (TPSA) is 145 Å². The zero-order valence-corrected chi connectivity index (χ0v) is 21.9. The number of carbonyl (C=O) groups is 3. The number of aryl methyl sites for hydroxylation is 2. The number of benzene rings is 2. The van der Waals surface area contributed by atoms with Crippen molar-refractivity contribution in [1.29, 1.82) is 0 Å². The van der Waals surface area contributed by atoms with E-state index >= 15 is 0 Å². The van der Waals surface area contributed by atoms with Crippen LogP contribution in [0.25, 0.3) is 21.6 Å². The van der Waals surface area contributed by atoms with Crippen LogP contribution in [0.15, 0.2) is 73.1 Å². The van der Waals surface area contributed by atoms with E-state index in [1.165, 1.54) is 11.3 Å². The second kappa shape index (κ2) is 11.2. The number of carbonyl (C=O) groups excluding carboxylic acids is 3. The van der Waals surface area contributed by atoms with E-state index in [9.17, 15) is 14.4 Å². The fraction of sp³-hybridized carbons (Fsp3) is 0.143. The van der Waals surface area contributed by atoms with Gasteiger partial charge in [0, 0.05) is 42.2 Å². The zero-order chi connectivity index (χ0) is 27.4. The summed E-state index contributed by atoms with van der Waals surface area (Å²) >= 11 is 1.28. The number of nitrogens with two attached hydrogens (primary N) is 1. The van der Waals surface area contributed by atoms with Gasteiger partial charge in [0.05, 0.1) is 23.3 Å². The first-order valence-corrected chi connectivity index (χ1v) is 13.0. The predicted molar refractivity (Wildman–Crippen MR) is 151 cm³/mol. The van der Waals surface area contributed by atoms with Crippen molar-refractivity contribution in [2.24, 2.45) is 5.73 Å². The van der Waals surface area contributed by atoms with Crippen molar-refractivity contribution in [3.05, 3.63) is 89.2 Å². The molecule has 0 saturated heterocycles. The molecular formula is C28H25N7O3S. The van der Waals surface area contributed by atoms with Gasteiger partial charge in [-0.3, -0.25) is 24.7 Å². The number of thiazole rings is 1. The van der Waals surface area contributed by atoms with Gasteiger partial charge < -0.3 is 15.6 Å². The summed E-state index contributed by atoms with van der Waals surface area (Å²) in [7, 11) is 0. The van der Waals surface area contributed by atoms with E-state index in [1.54, 1.807) is 42.1 Å². The second-order valence-corrected chi connectivity index (χ2v) is 9.77. The standard InChI is InChI=1S/C28H25N7O3S/c1-17-25(39-27(32-17)19-9-12-30-13-10-19)26(38)34-28-33-21-15-20(7-8-22(21)35(28)14-11-24(29)37)31-16-23(36)18-5-3-2-4-6-18/h2-10,12-13,15,31H,11,14,16H2,1H3,(H2,29,37)(H,33,34,38). The molecule has 0 radical (unpaired) electrons. The maximum Gasteiger partial charge on any atom is 0.269 e.